The zero-order valence-corrected chi connectivity index (χ0v) is 30.9. The first-order chi connectivity index (χ1) is 22.4. The van der Waals surface area contributed by atoms with Crippen molar-refractivity contribution in [1.29, 1.82) is 0 Å². The molecule has 9 aliphatic carbocycles. The van der Waals surface area contributed by atoms with E-state index in [0.29, 0.717) is 50.8 Å². The van der Waals surface area contributed by atoms with Crippen LogP contribution < -0.4 is 0 Å². The Kier molecular flexibility index (Phi) is 10.4. The SMILES string of the molecule is CCOC1C2(CC2)CCC12CC2.CCOC1C2(CCCC2)CCC12CCCC2.CCOC1C2(CCCCC2)CCC12CCCCC2. The summed E-state index contributed by atoms with van der Waals surface area (Å²) in [5.74, 6) is 0. The highest BCUT2D eigenvalue weighted by molar-refractivity contribution is 5.17. The van der Waals surface area contributed by atoms with Gasteiger partial charge >= 0.3 is 0 Å². The van der Waals surface area contributed by atoms with Gasteiger partial charge in [0.1, 0.15) is 0 Å². The summed E-state index contributed by atoms with van der Waals surface area (Å²) in [4.78, 5) is 0. The summed E-state index contributed by atoms with van der Waals surface area (Å²) in [5, 5.41) is 0. The van der Waals surface area contributed by atoms with Crippen LogP contribution in [-0.2, 0) is 14.2 Å². The van der Waals surface area contributed by atoms with E-state index in [-0.39, 0.29) is 0 Å². The number of rotatable bonds is 6. The fourth-order valence-corrected chi connectivity index (χ4v) is 13.9. The Morgan fingerprint density at radius 2 is 0.457 bits per heavy atom. The fourth-order valence-electron chi connectivity index (χ4n) is 13.9. The highest BCUT2D eigenvalue weighted by Crippen LogP contribution is 2.72. The molecule has 0 bridgehead atoms. The summed E-state index contributed by atoms with van der Waals surface area (Å²) >= 11 is 0. The Morgan fingerprint density at radius 1 is 0.283 bits per heavy atom. The topological polar surface area (TPSA) is 27.7 Å². The van der Waals surface area contributed by atoms with E-state index < -0.39 is 0 Å². The summed E-state index contributed by atoms with van der Waals surface area (Å²) in [5.41, 5.74) is 3.77. The van der Waals surface area contributed by atoms with Gasteiger partial charge in [-0.25, -0.2) is 0 Å². The molecule has 0 saturated heterocycles. The molecule has 0 unspecified atom stereocenters. The van der Waals surface area contributed by atoms with E-state index in [2.05, 4.69) is 20.8 Å². The smallest absolute Gasteiger partial charge is 0.0687 e. The second-order valence-corrected chi connectivity index (χ2v) is 18.7. The van der Waals surface area contributed by atoms with Gasteiger partial charge in [-0.1, -0.05) is 64.2 Å². The van der Waals surface area contributed by atoms with Gasteiger partial charge in [0.25, 0.3) is 0 Å². The predicted molar refractivity (Wildman–Crippen MR) is 190 cm³/mol. The Bertz CT molecular complexity index is 898. The summed E-state index contributed by atoms with van der Waals surface area (Å²) in [6, 6.07) is 0. The van der Waals surface area contributed by atoms with Crippen molar-refractivity contribution in [2.75, 3.05) is 19.8 Å². The lowest BCUT2D eigenvalue weighted by molar-refractivity contribution is -0.101. The maximum atomic E-state index is 6.39. The van der Waals surface area contributed by atoms with Crippen molar-refractivity contribution in [3.8, 4) is 0 Å². The average molecular weight is 639 g/mol. The van der Waals surface area contributed by atoms with Crippen molar-refractivity contribution < 1.29 is 14.2 Å². The molecule has 3 nitrogen and oxygen atoms in total. The van der Waals surface area contributed by atoms with E-state index in [1.54, 1.807) is 0 Å². The third-order valence-electron chi connectivity index (χ3n) is 16.4. The molecule has 0 N–H and O–H groups in total. The molecule has 0 radical (unpaired) electrons. The second kappa shape index (κ2) is 13.9. The standard InChI is InChI=1S/C17H30O.C15H26O.C11H18O/c1-2-18-15-16(9-5-3-6-10-16)13-14-17(15)11-7-4-8-12-17;1-2-16-13-14(7-3-4-8-14)11-12-15(13)9-5-6-10-15;1-2-12-9-10(3-4-10)7-8-11(9)5-6-11/h15H,2-14H2,1H3;13H,2-12H2,1H3;9H,2-8H2,1H3. The minimum Gasteiger partial charge on any atom is -0.377 e. The summed E-state index contributed by atoms with van der Waals surface area (Å²) in [7, 11) is 0. The number of hydrogen-bond acceptors (Lipinski definition) is 3. The normalized spacial score (nSPS) is 32.4. The lowest BCUT2D eigenvalue weighted by atomic mass is 9.64. The fraction of sp³-hybridized carbons (Fsp3) is 1.00. The molecule has 9 fully saturated rings. The van der Waals surface area contributed by atoms with Gasteiger partial charge in [-0.15, -0.1) is 0 Å². The minimum absolute atomic E-state index is 0.589. The second-order valence-electron chi connectivity index (χ2n) is 18.7. The molecule has 46 heavy (non-hydrogen) atoms. The van der Waals surface area contributed by atoms with Crippen molar-refractivity contribution in [2.45, 2.75) is 219 Å². The molecular formula is C43H74O3. The van der Waals surface area contributed by atoms with Crippen LogP contribution in [-0.4, -0.2) is 38.1 Å². The Labute approximate surface area is 284 Å². The van der Waals surface area contributed by atoms with Crippen LogP contribution in [0.4, 0.5) is 0 Å². The predicted octanol–water partition coefficient (Wildman–Crippen LogP) is 12.1. The highest BCUT2D eigenvalue weighted by atomic mass is 16.5. The van der Waals surface area contributed by atoms with Crippen molar-refractivity contribution in [3.63, 3.8) is 0 Å². The molecule has 9 aliphatic rings. The lowest BCUT2D eigenvalue weighted by Gasteiger charge is -2.46. The van der Waals surface area contributed by atoms with E-state index in [0.717, 1.165) is 19.8 Å². The molecule has 0 aliphatic heterocycles. The molecule has 3 heteroatoms. The van der Waals surface area contributed by atoms with Gasteiger partial charge < -0.3 is 14.2 Å². The van der Waals surface area contributed by atoms with Crippen LogP contribution in [0.5, 0.6) is 0 Å². The zero-order valence-electron chi connectivity index (χ0n) is 30.9. The molecule has 0 atom stereocenters. The zero-order chi connectivity index (χ0) is 31.8. The van der Waals surface area contributed by atoms with Gasteiger partial charge in [0.2, 0.25) is 0 Å². The Balaban J connectivity index is 0.000000112. The van der Waals surface area contributed by atoms with Gasteiger partial charge in [0, 0.05) is 19.8 Å². The Hall–Kier alpha value is -0.120. The summed E-state index contributed by atoms with van der Waals surface area (Å²) in [6.07, 6.45) is 42.8. The van der Waals surface area contributed by atoms with E-state index in [1.165, 1.54) is 180 Å². The van der Waals surface area contributed by atoms with Gasteiger partial charge in [-0.05, 0) is 169 Å². The maximum Gasteiger partial charge on any atom is 0.0687 e. The quantitative estimate of drug-likeness (QED) is 0.290. The van der Waals surface area contributed by atoms with Crippen molar-refractivity contribution in [2.24, 2.45) is 32.5 Å². The molecule has 0 amide bonds. The minimum atomic E-state index is 0.589. The molecule has 0 aromatic heterocycles. The van der Waals surface area contributed by atoms with Crippen LogP contribution in [0.15, 0.2) is 0 Å². The third kappa shape index (κ3) is 6.22. The summed E-state index contributed by atoms with van der Waals surface area (Å²) < 4.78 is 18.6. The summed E-state index contributed by atoms with van der Waals surface area (Å²) in [6.45, 7) is 9.30. The highest BCUT2D eigenvalue weighted by Gasteiger charge is 2.67. The molecule has 0 aromatic rings. The van der Waals surface area contributed by atoms with Crippen LogP contribution in [0.25, 0.3) is 0 Å². The molecule has 264 valence electrons. The Morgan fingerprint density at radius 3 is 0.652 bits per heavy atom. The van der Waals surface area contributed by atoms with Gasteiger partial charge in [-0.3, -0.25) is 0 Å². The number of hydrogen-bond donors (Lipinski definition) is 0. The average Bonchev–Trinajstić information content (AvgIpc) is 3.80. The van der Waals surface area contributed by atoms with Crippen molar-refractivity contribution >= 4 is 0 Å². The molecule has 0 aromatic carbocycles. The maximum absolute atomic E-state index is 6.39. The lowest BCUT2D eigenvalue weighted by Crippen LogP contribution is -2.44. The molecule has 9 saturated carbocycles. The van der Waals surface area contributed by atoms with Crippen molar-refractivity contribution in [3.05, 3.63) is 0 Å². The van der Waals surface area contributed by atoms with Crippen LogP contribution in [0.1, 0.15) is 201 Å². The first-order valence-corrected chi connectivity index (χ1v) is 21.3. The first kappa shape index (κ1) is 34.3. The van der Waals surface area contributed by atoms with E-state index >= 15 is 0 Å². The van der Waals surface area contributed by atoms with Crippen LogP contribution in [0, 0.1) is 32.5 Å². The van der Waals surface area contributed by atoms with E-state index in [9.17, 15) is 0 Å². The van der Waals surface area contributed by atoms with Crippen LogP contribution in [0.3, 0.4) is 0 Å². The van der Waals surface area contributed by atoms with Gasteiger partial charge in [0.05, 0.1) is 18.3 Å². The molecule has 6 spiro atoms. The monoisotopic (exact) mass is 639 g/mol. The van der Waals surface area contributed by atoms with Crippen LogP contribution >= 0.6 is 0 Å². The van der Waals surface area contributed by atoms with E-state index in [4.69, 9.17) is 14.2 Å². The number of ether oxygens (including phenoxy) is 3. The molecular weight excluding hydrogens is 564 g/mol. The molecule has 0 heterocycles. The van der Waals surface area contributed by atoms with Crippen LogP contribution in [0.2, 0.25) is 0 Å². The van der Waals surface area contributed by atoms with Gasteiger partial charge in [0.15, 0.2) is 0 Å². The van der Waals surface area contributed by atoms with E-state index in [1.807, 2.05) is 0 Å². The first-order valence-electron chi connectivity index (χ1n) is 21.3. The molecule has 9 rings (SSSR count). The third-order valence-corrected chi connectivity index (χ3v) is 16.4. The largest absolute Gasteiger partial charge is 0.377 e. The van der Waals surface area contributed by atoms with Crippen molar-refractivity contribution in [1.82, 2.24) is 0 Å². The van der Waals surface area contributed by atoms with Gasteiger partial charge in [-0.2, -0.15) is 0 Å².